The molecule has 4 N–H and O–H groups in total. The zero-order valence-corrected chi connectivity index (χ0v) is 11.2. The highest BCUT2D eigenvalue weighted by Crippen LogP contribution is 2.26. The van der Waals surface area contributed by atoms with Crippen LogP contribution in [-0.4, -0.2) is 64.2 Å². The van der Waals surface area contributed by atoms with E-state index in [0.717, 1.165) is 5.56 Å². The van der Waals surface area contributed by atoms with Crippen LogP contribution < -0.4 is 0 Å². The number of hydrogen-bond acceptors (Lipinski definition) is 6. The Labute approximate surface area is 117 Å². The summed E-state index contributed by atoms with van der Waals surface area (Å²) in [4.78, 5) is 0. The summed E-state index contributed by atoms with van der Waals surface area (Å²) in [6, 6.07) is 9.31. The summed E-state index contributed by atoms with van der Waals surface area (Å²) >= 11 is 0. The van der Waals surface area contributed by atoms with Gasteiger partial charge in [0.25, 0.3) is 0 Å². The van der Waals surface area contributed by atoms with Crippen molar-refractivity contribution in [2.45, 2.75) is 43.2 Å². The van der Waals surface area contributed by atoms with Gasteiger partial charge in [0, 0.05) is 7.11 Å². The first-order valence-corrected chi connectivity index (χ1v) is 6.47. The van der Waals surface area contributed by atoms with Crippen LogP contribution in [0.5, 0.6) is 0 Å². The quantitative estimate of drug-likeness (QED) is 0.568. The van der Waals surface area contributed by atoms with Crippen molar-refractivity contribution in [2.24, 2.45) is 0 Å². The molecule has 6 heteroatoms. The van der Waals surface area contributed by atoms with E-state index in [1.807, 2.05) is 30.3 Å². The molecule has 0 spiro atoms. The van der Waals surface area contributed by atoms with Gasteiger partial charge in [-0.1, -0.05) is 30.3 Å². The van der Waals surface area contributed by atoms with Crippen LogP contribution in [0.15, 0.2) is 30.3 Å². The highest BCUT2D eigenvalue weighted by Gasteiger charge is 2.49. The molecule has 0 aromatic heterocycles. The SMILES string of the molecule is COC1C(O)C(O)C(O)C(O)C1OCc1ccccc1. The molecule has 1 aliphatic carbocycles. The van der Waals surface area contributed by atoms with Gasteiger partial charge in [-0.05, 0) is 5.56 Å². The minimum absolute atomic E-state index is 0.206. The maximum Gasteiger partial charge on any atom is 0.115 e. The molecule has 20 heavy (non-hydrogen) atoms. The molecular weight excluding hydrogens is 264 g/mol. The molecule has 2 rings (SSSR count). The summed E-state index contributed by atoms with van der Waals surface area (Å²) < 4.78 is 10.7. The third-order valence-corrected chi connectivity index (χ3v) is 3.60. The predicted octanol–water partition coefficient (Wildman–Crippen LogP) is -0.956. The van der Waals surface area contributed by atoms with Crippen molar-refractivity contribution in [2.75, 3.05) is 7.11 Å². The van der Waals surface area contributed by atoms with Crippen molar-refractivity contribution in [1.29, 1.82) is 0 Å². The fraction of sp³-hybridized carbons (Fsp3) is 0.571. The molecule has 6 unspecified atom stereocenters. The van der Waals surface area contributed by atoms with Crippen LogP contribution >= 0.6 is 0 Å². The molecule has 0 aliphatic heterocycles. The lowest BCUT2D eigenvalue weighted by atomic mass is 9.84. The van der Waals surface area contributed by atoms with Crippen molar-refractivity contribution < 1.29 is 29.9 Å². The van der Waals surface area contributed by atoms with Crippen LogP contribution in [-0.2, 0) is 16.1 Å². The largest absolute Gasteiger partial charge is 0.387 e. The Balaban J connectivity index is 2.07. The lowest BCUT2D eigenvalue weighted by Crippen LogP contribution is -2.64. The van der Waals surface area contributed by atoms with E-state index in [9.17, 15) is 20.4 Å². The van der Waals surface area contributed by atoms with Gasteiger partial charge in [0.2, 0.25) is 0 Å². The number of ether oxygens (including phenoxy) is 2. The second kappa shape index (κ2) is 6.62. The van der Waals surface area contributed by atoms with Crippen LogP contribution in [0.25, 0.3) is 0 Å². The van der Waals surface area contributed by atoms with Gasteiger partial charge in [-0.3, -0.25) is 0 Å². The van der Waals surface area contributed by atoms with Crippen molar-refractivity contribution in [3.05, 3.63) is 35.9 Å². The molecule has 0 amide bonds. The van der Waals surface area contributed by atoms with E-state index in [-0.39, 0.29) is 6.61 Å². The Hall–Kier alpha value is -1.02. The van der Waals surface area contributed by atoms with E-state index in [1.165, 1.54) is 7.11 Å². The zero-order chi connectivity index (χ0) is 14.7. The molecule has 0 saturated heterocycles. The maximum absolute atomic E-state index is 9.98. The van der Waals surface area contributed by atoms with E-state index >= 15 is 0 Å². The van der Waals surface area contributed by atoms with E-state index < -0.39 is 36.6 Å². The third kappa shape index (κ3) is 3.01. The average Bonchev–Trinajstić information content (AvgIpc) is 2.48. The Morgan fingerprint density at radius 2 is 1.40 bits per heavy atom. The number of rotatable bonds is 4. The number of benzene rings is 1. The zero-order valence-electron chi connectivity index (χ0n) is 11.2. The first-order chi connectivity index (χ1) is 9.56. The molecule has 6 atom stereocenters. The van der Waals surface area contributed by atoms with Gasteiger partial charge in [0.05, 0.1) is 6.61 Å². The second-order valence-electron chi connectivity index (χ2n) is 4.92. The lowest BCUT2D eigenvalue weighted by Gasteiger charge is -2.43. The smallest absolute Gasteiger partial charge is 0.115 e. The summed E-state index contributed by atoms with van der Waals surface area (Å²) in [7, 11) is 1.35. The number of hydrogen-bond donors (Lipinski definition) is 4. The fourth-order valence-corrected chi connectivity index (χ4v) is 2.42. The fourth-order valence-electron chi connectivity index (χ4n) is 2.42. The van der Waals surface area contributed by atoms with Crippen LogP contribution in [0.1, 0.15) is 5.56 Å². The Kier molecular flexibility index (Phi) is 5.09. The van der Waals surface area contributed by atoms with Gasteiger partial charge in [-0.2, -0.15) is 0 Å². The van der Waals surface area contributed by atoms with Crippen molar-refractivity contribution in [3.63, 3.8) is 0 Å². The van der Waals surface area contributed by atoms with Crippen molar-refractivity contribution in [1.82, 2.24) is 0 Å². The van der Waals surface area contributed by atoms with E-state index in [2.05, 4.69) is 0 Å². The molecule has 1 fully saturated rings. The third-order valence-electron chi connectivity index (χ3n) is 3.60. The van der Waals surface area contributed by atoms with Crippen molar-refractivity contribution >= 4 is 0 Å². The van der Waals surface area contributed by atoms with Gasteiger partial charge >= 0.3 is 0 Å². The normalized spacial score (nSPS) is 37.9. The van der Waals surface area contributed by atoms with Gasteiger partial charge in [0.15, 0.2) is 0 Å². The molecule has 1 aromatic carbocycles. The molecule has 6 nitrogen and oxygen atoms in total. The first kappa shape index (κ1) is 15.4. The molecular formula is C14H20O6. The topological polar surface area (TPSA) is 99.4 Å². The van der Waals surface area contributed by atoms with E-state index in [4.69, 9.17) is 9.47 Å². The minimum atomic E-state index is -1.47. The summed E-state index contributed by atoms with van der Waals surface area (Å²) in [5, 5.41) is 39.2. The van der Waals surface area contributed by atoms with Gasteiger partial charge < -0.3 is 29.9 Å². The van der Waals surface area contributed by atoms with Gasteiger partial charge in [-0.15, -0.1) is 0 Å². The molecule has 0 radical (unpaired) electrons. The molecule has 1 aliphatic rings. The van der Waals surface area contributed by atoms with E-state index in [1.54, 1.807) is 0 Å². The molecule has 112 valence electrons. The standard InChI is InChI=1S/C14H20O6/c1-19-13-11(17)9(15)10(16)12(18)14(13)20-7-8-5-3-2-4-6-8/h2-6,9-18H,7H2,1H3. The molecule has 1 aromatic rings. The number of methoxy groups -OCH3 is 1. The van der Waals surface area contributed by atoms with Gasteiger partial charge in [0.1, 0.15) is 36.6 Å². The van der Waals surface area contributed by atoms with Crippen LogP contribution in [0.4, 0.5) is 0 Å². The lowest BCUT2D eigenvalue weighted by molar-refractivity contribution is -0.243. The highest BCUT2D eigenvalue weighted by atomic mass is 16.6. The summed E-state index contributed by atoms with van der Waals surface area (Å²) in [6.07, 6.45) is -7.43. The van der Waals surface area contributed by atoms with Crippen LogP contribution in [0, 0.1) is 0 Å². The Bertz CT molecular complexity index is 411. The Morgan fingerprint density at radius 1 is 0.850 bits per heavy atom. The number of aliphatic hydroxyl groups is 4. The monoisotopic (exact) mass is 284 g/mol. The number of aliphatic hydroxyl groups excluding tert-OH is 4. The first-order valence-electron chi connectivity index (χ1n) is 6.47. The van der Waals surface area contributed by atoms with Crippen LogP contribution in [0.2, 0.25) is 0 Å². The predicted molar refractivity (Wildman–Crippen MR) is 69.8 cm³/mol. The summed E-state index contributed by atoms with van der Waals surface area (Å²) in [6.45, 7) is 0.206. The highest BCUT2D eigenvalue weighted by molar-refractivity contribution is 5.13. The van der Waals surface area contributed by atoms with Crippen molar-refractivity contribution in [3.8, 4) is 0 Å². The summed E-state index contributed by atoms with van der Waals surface area (Å²) in [5.41, 5.74) is 0.893. The molecule has 0 bridgehead atoms. The molecule has 0 heterocycles. The average molecular weight is 284 g/mol. The second-order valence-corrected chi connectivity index (χ2v) is 4.92. The van der Waals surface area contributed by atoms with Crippen LogP contribution in [0.3, 0.4) is 0 Å². The Morgan fingerprint density at radius 3 is 1.95 bits per heavy atom. The minimum Gasteiger partial charge on any atom is -0.387 e. The summed E-state index contributed by atoms with van der Waals surface area (Å²) in [5.74, 6) is 0. The van der Waals surface area contributed by atoms with E-state index in [0.29, 0.717) is 0 Å². The maximum atomic E-state index is 9.98. The van der Waals surface area contributed by atoms with Gasteiger partial charge in [-0.25, -0.2) is 0 Å². The molecule has 1 saturated carbocycles.